The predicted molar refractivity (Wildman–Crippen MR) is 84.6 cm³/mol. The molecule has 0 saturated carbocycles. The number of carbonyl (C=O) groups excluding carboxylic acids is 1. The van der Waals surface area contributed by atoms with Gasteiger partial charge in [-0.1, -0.05) is 0 Å². The number of carbonyl (C=O) groups is 1. The highest BCUT2D eigenvalue weighted by Gasteiger charge is 2.43. The summed E-state index contributed by atoms with van der Waals surface area (Å²) in [4.78, 5) is 21.1. The molecule has 2 saturated heterocycles. The molecule has 0 unspecified atom stereocenters. The SMILES string of the molecule is CC(=O)N[C@@H]1CO[C@@H]2CCN(Cc3ncc[nH]3)C[C@@H]2C[C@@]1(C)O. The minimum atomic E-state index is -0.960. The van der Waals surface area contributed by atoms with Crippen LogP contribution in [0.15, 0.2) is 12.4 Å². The van der Waals surface area contributed by atoms with Crippen molar-refractivity contribution in [3.8, 4) is 0 Å². The first-order valence-electron chi connectivity index (χ1n) is 8.26. The van der Waals surface area contributed by atoms with Crippen LogP contribution >= 0.6 is 0 Å². The number of imidazole rings is 1. The number of fused-ring (bicyclic) bond motifs is 1. The van der Waals surface area contributed by atoms with Crippen molar-refractivity contribution in [1.29, 1.82) is 0 Å². The highest BCUT2D eigenvalue weighted by molar-refractivity contribution is 5.73. The Morgan fingerprint density at radius 2 is 2.48 bits per heavy atom. The van der Waals surface area contributed by atoms with E-state index in [9.17, 15) is 9.90 Å². The molecule has 3 N–H and O–H groups in total. The molecule has 128 valence electrons. The molecular formula is C16H26N4O3. The maximum atomic E-state index is 11.4. The van der Waals surface area contributed by atoms with Crippen LogP contribution in [0.1, 0.15) is 32.5 Å². The van der Waals surface area contributed by atoms with E-state index in [-0.39, 0.29) is 24.0 Å². The molecule has 0 aromatic carbocycles. The molecule has 23 heavy (non-hydrogen) atoms. The largest absolute Gasteiger partial charge is 0.388 e. The molecule has 2 aliphatic rings. The molecule has 1 aromatic rings. The van der Waals surface area contributed by atoms with Crippen LogP contribution in [-0.2, 0) is 16.1 Å². The molecule has 3 heterocycles. The van der Waals surface area contributed by atoms with E-state index in [0.29, 0.717) is 13.0 Å². The fourth-order valence-corrected chi connectivity index (χ4v) is 3.76. The number of piperidine rings is 1. The fraction of sp³-hybridized carbons (Fsp3) is 0.750. The molecule has 2 fully saturated rings. The number of aromatic amines is 1. The van der Waals surface area contributed by atoms with Gasteiger partial charge in [0.1, 0.15) is 5.82 Å². The summed E-state index contributed by atoms with van der Waals surface area (Å²) in [6, 6.07) is -0.357. The quantitative estimate of drug-likeness (QED) is 0.743. The number of nitrogens with zero attached hydrogens (tertiary/aromatic N) is 2. The molecule has 0 radical (unpaired) electrons. The summed E-state index contributed by atoms with van der Waals surface area (Å²) < 4.78 is 6.01. The summed E-state index contributed by atoms with van der Waals surface area (Å²) in [6.07, 6.45) is 5.30. The van der Waals surface area contributed by atoms with Crippen LogP contribution in [0.4, 0.5) is 0 Å². The average molecular weight is 322 g/mol. The summed E-state index contributed by atoms with van der Waals surface area (Å²) in [7, 11) is 0. The van der Waals surface area contributed by atoms with Gasteiger partial charge >= 0.3 is 0 Å². The van der Waals surface area contributed by atoms with Crippen LogP contribution in [-0.4, -0.2) is 63.3 Å². The van der Waals surface area contributed by atoms with Crippen LogP contribution in [0, 0.1) is 5.92 Å². The Morgan fingerprint density at radius 1 is 1.65 bits per heavy atom. The number of rotatable bonds is 3. The zero-order valence-electron chi connectivity index (χ0n) is 13.8. The Labute approximate surface area is 136 Å². The van der Waals surface area contributed by atoms with Crippen LogP contribution in [0.5, 0.6) is 0 Å². The standard InChI is InChI=1S/C16H26N4O3/c1-11(21)19-14-10-23-13-3-6-20(9-15-17-4-5-18-15)8-12(13)7-16(14,2)22/h4-5,12-14,22H,3,6-10H2,1-2H3,(H,17,18)(H,19,21)/t12-,13+,14+,16+/m0/s1. The van der Waals surface area contributed by atoms with Gasteiger partial charge < -0.3 is 20.1 Å². The zero-order chi connectivity index (χ0) is 16.4. The molecule has 1 amide bonds. The highest BCUT2D eigenvalue weighted by atomic mass is 16.5. The van der Waals surface area contributed by atoms with Gasteiger partial charge in [0, 0.05) is 38.3 Å². The first kappa shape index (κ1) is 16.4. The predicted octanol–water partition coefficient (Wildman–Crippen LogP) is 0.276. The number of H-pyrrole nitrogens is 1. The van der Waals surface area contributed by atoms with E-state index >= 15 is 0 Å². The second-order valence-electron chi connectivity index (χ2n) is 7.01. The van der Waals surface area contributed by atoms with Gasteiger partial charge in [0.05, 0.1) is 30.9 Å². The molecule has 1 aromatic heterocycles. The number of aliphatic hydroxyl groups is 1. The van der Waals surface area contributed by atoms with Crippen LogP contribution in [0.25, 0.3) is 0 Å². The number of ether oxygens (including phenoxy) is 1. The average Bonchev–Trinajstić information content (AvgIpc) is 2.93. The molecule has 0 aliphatic carbocycles. The van der Waals surface area contributed by atoms with Crippen molar-refractivity contribution >= 4 is 5.91 Å². The minimum Gasteiger partial charge on any atom is -0.388 e. The number of hydrogen-bond acceptors (Lipinski definition) is 5. The molecule has 7 nitrogen and oxygen atoms in total. The first-order valence-corrected chi connectivity index (χ1v) is 8.26. The number of hydrogen-bond donors (Lipinski definition) is 3. The van der Waals surface area contributed by atoms with Crippen molar-refractivity contribution in [2.75, 3.05) is 19.7 Å². The molecule has 0 spiro atoms. The Kier molecular flexibility index (Phi) is 4.70. The second-order valence-corrected chi connectivity index (χ2v) is 7.01. The molecule has 3 rings (SSSR count). The van der Waals surface area contributed by atoms with E-state index in [2.05, 4.69) is 20.2 Å². The van der Waals surface area contributed by atoms with Crippen molar-refractivity contribution in [1.82, 2.24) is 20.2 Å². The summed E-state index contributed by atoms with van der Waals surface area (Å²) in [6.45, 7) is 6.24. The number of amides is 1. The van der Waals surface area contributed by atoms with Gasteiger partial charge in [-0.05, 0) is 19.8 Å². The number of aromatic nitrogens is 2. The Morgan fingerprint density at radius 3 is 3.17 bits per heavy atom. The topological polar surface area (TPSA) is 90.5 Å². The maximum absolute atomic E-state index is 11.4. The van der Waals surface area contributed by atoms with Crippen molar-refractivity contribution in [2.45, 2.75) is 51.0 Å². The summed E-state index contributed by atoms with van der Waals surface area (Å²) in [5.41, 5.74) is -0.960. The van der Waals surface area contributed by atoms with Gasteiger partial charge in [-0.3, -0.25) is 9.69 Å². The van der Waals surface area contributed by atoms with Crippen molar-refractivity contribution in [3.63, 3.8) is 0 Å². The molecular weight excluding hydrogens is 296 g/mol. The van der Waals surface area contributed by atoms with Gasteiger partial charge in [-0.15, -0.1) is 0 Å². The minimum absolute atomic E-state index is 0.136. The lowest BCUT2D eigenvalue weighted by molar-refractivity contribution is -0.122. The van der Waals surface area contributed by atoms with E-state index < -0.39 is 5.60 Å². The van der Waals surface area contributed by atoms with E-state index in [4.69, 9.17) is 4.74 Å². The highest BCUT2D eigenvalue weighted by Crippen LogP contribution is 2.33. The van der Waals surface area contributed by atoms with Gasteiger partial charge in [0.25, 0.3) is 0 Å². The van der Waals surface area contributed by atoms with E-state index in [1.54, 1.807) is 13.1 Å². The Balaban J connectivity index is 1.65. The molecule has 4 atom stereocenters. The van der Waals surface area contributed by atoms with Crippen LogP contribution in [0.2, 0.25) is 0 Å². The van der Waals surface area contributed by atoms with Gasteiger partial charge in [0.2, 0.25) is 5.91 Å². The van der Waals surface area contributed by atoms with Crippen molar-refractivity contribution < 1.29 is 14.6 Å². The summed E-state index contributed by atoms with van der Waals surface area (Å²) in [5.74, 6) is 1.08. The maximum Gasteiger partial charge on any atom is 0.217 e. The van der Waals surface area contributed by atoms with E-state index in [1.165, 1.54) is 6.92 Å². The van der Waals surface area contributed by atoms with E-state index in [0.717, 1.165) is 31.9 Å². The molecule has 0 bridgehead atoms. The third-order valence-corrected chi connectivity index (χ3v) is 4.96. The lowest BCUT2D eigenvalue weighted by Gasteiger charge is -2.38. The summed E-state index contributed by atoms with van der Waals surface area (Å²) in [5, 5.41) is 13.6. The van der Waals surface area contributed by atoms with Crippen molar-refractivity contribution in [3.05, 3.63) is 18.2 Å². The summed E-state index contributed by atoms with van der Waals surface area (Å²) >= 11 is 0. The van der Waals surface area contributed by atoms with Crippen LogP contribution in [0.3, 0.4) is 0 Å². The smallest absolute Gasteiger partial charge is 0.217 e. The monoisotopic (exact) mass is 322 g/mol. The molecule has 2 aliphatic heterocycles. The van der Waals surface area contributed by atoms with E-state index in [1.807, 2.05) is 6.20 Å². The van der Waals surface area contributed by atoms with Crippen LogP contribution < -0.4 is 5.32 Å². The fourth-order valence-electron chi connectivity index (χ4n) is 3.76. The van der Waals surface area contributed by atoms with Gasteiger partial charge in [-0.25, -0.2) is 4.98 Å². The second kappa shape index (κ2) is 6.59. The lowest BCUT2D eigenvalue weighted by atomic mass is 9.82. The lowest BCUT2D eigenvalue weighted by Crippen LogP contribution is -2.53. The van der Waals surface area contributed by atoms with Gasteiger partial charge in [-0.2, -0.15) is 0 Å². The van der Waals surface area contributed by atoms with Crippen molar-refractivity contribution in [2.24, 2.45) is 5.92 Å². The van der Waals surface area contributed by atoms with Gasteiger partial charge in [0.15, 0.2) is 0 Å². The Hall–Kier alpha value is -1.44. The first-order chi connectivity index (χ1) is 10.9. The molecule has 7 heteroatoms. The normalized spacial score (nSPS) is 35.3. The number of likely N-dealkylation sites (tertiary alicyclic amines) is 1. The third-order valence-electron chi connectivity index (χ3n) is 4.96. The Bertz CT molecular complexity index is 531. The zero-order valence-corrected chi connectivity index (χ0v) is 13.8. The number of nitrogens with one attached hydrogen (secondary N) is 2. The third kappa shape index (κ3) is 3.91.